The van der Waals surface area contributed by atoms with E-state index in [1.165, 1.54) is 51.4 Å². The van der Waals surface area contributed by atoms with Crippen molar-refractivity contribution in [1.82, 2.24) is 0 Å². The average molecular weight is 433 g/mol. The Labute approximate surface area is 193 Å². The summed E-state index contributed by atoms with van der Waals surface area (Å²) in [6.07, 6.45) is 18.1. The third-order valence-corrected chi connectivity index (χ3v) is 10.00. The Bertz CT molecular complexity index is 617. The van der Waals surface area contributed by atoms with E-state index in [-0.39, 0.29) is 0 Å². The maximum atomic E-state index is 11.0. The SMILES string of the molecule is CCCCC1C(C2CC[C@H]([C@H](C)CCC(C)(C)O)C2)CC=C2C[C@](O)(CC)CC[C@@]21C. The van der Waals surface area contributed by atoms with E-state index in [2.05, 4.69) is 33.8 Å². The van der Waals surface area contributed by atoms with Crippen LogP contribution in [0.1, 0.15) is 125 Å². The molecule has 3 rings (SSSR count). The molecule has 0 amide bonds. The predicted molar refractivity (Wildman–Crippen MR) is 132 cm³/mol. The van der Waals surface area contributed by atoms with Crippen molar-refractivity contribution in [2.45, 2.75) is 136 Å². The minimum absolute atomic E-state index is 0.310. The Hall–Kier alpha value is -0.340. The van der Waals surface area contributed by atoms with Crippen molar-refractivity contribution < 1.29 is 10.2 Å². The first kappa shape index (κ1) is 25.3. The van der Waals surface area contributed by atoms with Crippen LogP contribution < -0.4 is 0 Å². The van der Waals surface area contributed by atoms with Crippen LogP contribution in [0.5, 0.6) is 0 Å². The molecule has 3 unspecified atom stereocenters. The van der Waals surface area contributed by atoms with Crippen molar-refractivity contribution in [3.05, 3.63) is 11.6 Å². The lowest BCUT2D eigenvalue weighted by atomic mass is 9.52. The van der Waals surface area contributed by atoms with Crippen LogP contribution in [-0.4, -0.2) is 21.4 Å². The summed E-state index contributed by atoms with van der Waals surface area (Å²) in [4.78, 5) is 0. The van der Waals surface area contributed by atoms with Crippen LogP contribution in [0.2, 0.25) is 0 Å². The molecule has 2 heteroatoms. The summed E-state index contributed by atoms with van der Waals surface area (Å²) in [5, 5.41) is 21.2. The summed E-state index contributed by atoms with van der Waals surface area (Å²) >= 11 is 0. The van der Waals surface area contributed by atoms with Gasteiger partial charge in [0.25, 0.3) is 0 Å². The van der Waals surface area contributed by atoms with Gasteiger partial charge < -0.3 is 10.2 Å². The van der Waals surface area contributed by atoms with E-state index in [4.69, 9.17) is 0 Å². The molecule has 0 spiro atoms. The monoisotopic (exact) mass is 432 g/mol. The third kappa shape index (κ3) is 5.78. The molecule has 3 aliphatic carbocycles. The fourth-order valence-corrected chi connectivity index (χ4v) is 7.50. The molecule has 0 aliphatic heterocycles. The Morgan fingerprint density at radius 3 is 2.58 bits per heavy atom. The number of allylic oxidation sites excluding steroid dienone is 1. The third-order valence-electron chi connectivity index (χ3n) is 10.00. The molecule has 0 saturated heterocycles. The lowest BCUT2D eigenvalue weighted by Crippen LogP contribution is -2.47. The van der Waals surface area contributed by atoms with E-state index in [1.807, 2.05) is 13.8 Å². The van der Waals surface area contributed by atoms with Crippen molar-refractivity contribution in [3.8, 4) is 0 Å². The number of fused-ring (bicyclic) bond motifs is 1. The zero-order chi connectivity index (χ0) is 22.9. The van der Waals surface area contributed by atoms with Crippen molar-refractivity contribution >= 4 is 0 Å². The normalized spacial score (nSPS) is 39.8. The van der Waals surface area contributed by atoms with Crippen LogP contribution >= 0.6 is 0 Å². The second-order valence-corrected chi connectivity index (χ2v) is 12.7. The van der Waals surface area contributed by atoms with E-state index in [0.717, 1.165) is 61.7 Å². The molecule has 2 N–H and O–H groups in total. The first-order valence-corrected chi connectivity index (χ1v) is 13.7. The molecule has 0 radical (unpaired) electrons. The quantitative estimate of drug-likeness (QED) is 0.367. The van der Waals surface area contributed by atoms with Crippen LogP contribution in [0.4, 0.5) is 0 Å². The van der Waals surface area contributed by atoms with Gasteiger partial charge in [-0.3, -0.25) is 0 Å². The summed E-state index contributed by atoms with van der Waals surface area (Å²) < 4.78 is 0. The fraction of sp³-hybridized carbons (Fsp3) is 0.931. The fourth-order valence-electron chi connectivity index (χ4n) is 7.50. The van der Waals surface area contributed by atoms with Crippen LogP contribution in [0.15, 0.2) is 11.6 Å². The molecule has 7 atom stereocenters. The Morgan fingerprint density at radius 2 is 1.94 bits per heavy atom. The molecule has 2 saturated carbocycles. The zero-order valence-electron chi connectivity index (χ0n) is 21.6. The van der Waals surface area contributed by atoms with Crippen molar-refractivity contribution in [3.63, 3.8) is 0 Å². The van der Waals surface area contributed by atoms with Gasteiger partial charge in [-0.1, -0.05) is 52.2 Å². The summed E-state index contributed by atoms with van der Waals surface area (Å²) in [5.41, 5.74) is 0.915. The summed E-state index contributed by atoms with van der Waals surface area (Å²) in [5.74, 6) is 4.07. The van der Waals surface area contributed by atoms with Gasteiger partial charge in [-0.25, -0.2) is 0 Å². The summed E-state index contributed by atoms with van der Waals surface area (Å²) in [6.45, 7) is 13.4. The van der Waals surface area contributed by atoms with E-state index in [1.54, 1.807) is 5.57 Å². The number of hydrogen-bond acceptors (Lipinski definition) is 2. The lowest BCUT2D eigenvalue weighted by molar-refractivity contribution is -0.0359. The highest BCUT2D eigenvalue weighted by Crippen LogP contribution is 2.59. The molecule has 2 nitrogen and oxygen atoms in total. The summed E-state index contributed by atoms with van der Waals surface area (Å²) in [6, 6.07) is 0. The van der Waals surface area contributed by atoms with E-state index in [9.17, 15) is 10.2 Å². The maximum absolute atomic E-state index is 11.0. The van der Waals surface area contributed by atoms with Gasteiger partial charge in [0.2, 0.25) is 0 Å². The number of rotatable bonds is 9. The van der Waals surface area contributed by atoms with E-state index < -0.39 is 11.2 Å². The topological polar surface area (TPSA) is 40.5 Å². The molecule has 31 heavy (non-hydrogen) atoms. The van der Waals surface area contributed by atoms with Gasteiger partial charge in [0, 0.05) is 0 Å². The van der Waals surface area contributed by atoms with Gasteiger partial charge in [0.1, 0.15) is 0 Å². The molecule has 0 aromatic heterocycles. The molecule has 0 heterocycles. The number of hydrogen-bond donors (Lipinski definition) is 2. The zero-order valence-corrected chi connectivity index (χ0v) is 21.6. The van der Waals surface area contributed by atoms with Gasteiger partial charge in [-0.15, -0.1) is 0 Å². The standard InChI is InChI=1S/C29H52O2/c1-7-9-10-26-25(14-13-24-20-29(31,8-2)18-17-28(24,26)6)23-12-11-22(19-23)21(3)15-16-27(4,5)30/h13,21-23,25-26,30-31H,7-12,14-20H2,1-6H3/t21-,22+,23?,25?,26?,28+,29+/m1/s1. The number of aliphatic hydroxyl groups is 2. The van der Waals surface area contributed by atoms with Gasteiger partial charge in [0.15, 0.2) is 0 Å². The molecule has 0 aromatic rings. The smallest absolute Gasteiger partial charge is 0.0682 e. The van der Waals surface area contributed by atoms with Crippen LogP contribution in [0, 0.1) is 35.0 Å². The van der Waals surface area contributed by atoms with Gasteiger partial charge in [-0.2, -0.15) is 0 Å². The molecular formula is C29H52O2. The second-order valence-electron chi connectivity index (χ2n) is 12.7. The average Bonchev–Trinajstić information content (AvgIpc) is 3.20. The van der Waals surface area contributed by atoms with Crippen molar-refractivity contribution in [1.29, 1.82) is 0 Å². The molecule has 3 aliphatic rings. The highest BCUT2D eigenvalue weighted by molar-refractivity contribution is 5.25. The Morgan fingerprint density at radius 1 is 1.19 bits per heavy atom. The number of unbranched alkanes of at least 4 members (excludes halogenated alkanes) is 1. The largest absolute Gasteiger partial charge is 0.390 e. The van der Waals surface area contributed by atoms with E-state index in [0.29, 0.717) is 5.41 Å². The Balaban J connectivity index is 1.72. The maximum Gasteiger partial charge on any atom is 0.0682 e. The second kappa shape index (κ2) is 9.88. The van der Waals surface area contributed by atoms with Crippen molar-refractivity contribution in [2.24, 2.45) is 35.0 Å². The first-order valence-electron chi connectivity index (χ1n) is 13.7. The van der Waals surface area contributed by atoms with Gasteiger partial charge in [-0.05, 0) is 119 Å². The van der Waals surface area contributed by atoms with Crippen LogP contribution in [0.25, 0.3) is 0 Å². The predicted octanol–water partition coefficient (Wildman–Crippen LogP) is 7.67. The van der Waals surface area contributed by atoms with Crippen LogP contribution in [-0.2, 0) is 0 Å². The highest BCUT2D eigenvalue weighted by atomic mass is 16.3. The highest BCUT2D eigenvalue weighted by Gasteiger charge is 2.51. The minimum atomic E-state index is -0.530. The van der Waals surface area contributed by atoms with Gasteiger partial charge in [0.05, 0.1) is 11.2 Å². The molecule has 2 fully saturated rings. The molecule has 180 valence electrons. The minimum Gasteiger partial charge on any atom is -0.390 e. The van der Waals surface area contributed by atoms with E-state index >= 15 is 0 Å². The first-order chi connectivity index (χ1) is 14.5. The van der Waals surface area contributed by atoms with Crippen molar-refractivity contribution in [2.75, 3.05) is 0 Å². The molecule has 0 bridgehead atoms. The summed E-state index contributed by atoms with van der Waals surface area (Å²) in [7, 11) is 0. The molecular weight excluding hydrogens is 380 g/mol. The lowest BCUT2D eigenvalue weighted by Gasteiger charge is -2.54. The van der Waals surface area contributed by atoms with Gasteiger partial charge >= 0.3 is 0 Å². The van der Waals surface area contributed by atoms with Crippen LogP contribution in [0.3, 0.4) is 0 Å². The Kier molecular flexibility index (Phi) is 8.06. The molecule has 0 aromatic carbocycles.